The highest BCUT2D eigenvalue weighted by Gasteiger charge is 2.19. The summed E-state index contributed by atoms with van der Waals surface area (Å²) in [6, 6.07) is 9.83. The third kappa shape index (κ3) is 4.92. The molecule has 0 atom stereocenters. The van der Waals surface area contributed by atoms with Gasteiger partial charge in [-0.2, -0.15) is 10.2 Å². The van der Waals surface area contributed by atoms with E-state index in [4.69, 9.17) is 0 Å². The quantitative estimate of drug-likeness (QED) is 0.625. The molecule has 0 aliphatic carbocycles. The first-order valence-corrected chi connectivity index (χ1v) is 8.59. The number of carbonyl (C=O) groups excluding carboxylic acids is 1. The van der Waals surface area contributed by atoms with E-state index in [1.54, 1.807) is 12.3 Å². The second-order valence-corrected chi connectivity index (χ2v) is 6.88. The Morgan fingerprint density at radius 3 is 2.40 bits per heavy atom. The smallest absolute Gasteiger partial charge is 0.291 e. The van der Waals surface area contributed by atoms with Crippen molar-refractivity contribution in [3.8, 4) is 0 Å². The van der Waals surface area contributed by atoms with Gasteiger partial charge in [0.05, 0.1) is 6.21 Å². The third-order valence-electron chi connectivity index (χ3n) is 4.02. The Balaban J connectivity index is 1.96. The van der Waals surface area contributed by atoms with E-state index >= 15 is 0 Å². The molecule has 134 valence electrons. The highest BCUT2D eigenvalue weighted by molar-refractivity contribution is 5.93. The summed E-state index contributed by atoms with van der Waals surface area (Å²) in [7, 11) is 0. The van der Waals surface area contributed by atoms with Crippen molar-refractivity contribution in [1.82, 2.24) is 15.6 Å². The topological polar surface area (TPSA) is 73.4 Å². The molecule has 0 unspecified atom stereocenters. The Bertz CT molecular complexity index is 721. The minimum absolute atomic E-state index is 0.0819. The molecule has 1 amide bonds. The van der Waals surface area contributed by atoms with Crippen LogP contribution in [0.15, 0.2) is 35.4 Å². The number of anilines is 1. The van der Waals surface area contributed by atoms with E-state index < -0.39 is 0 Å². The number of benzene rings is 1. The first-order valence-electron chi connectivity index (χ1n) is 8.59. The molecule has 0 bridgehead atoms. The molecule has 25 heavy (non-hydrogen) atoms. The number of aromatic nitrogens is 2. The molecule has 0 saturated carbocycles. The lowest BCUT2D eigenvalue weighted by Gasteiger charge is -2.20. The van der Waals surface area contributed by atoms with Crippen molar-refractivity contribution < 1.29 is 4.79 Å². The van der Waals surface area contributed by atoms with Gasteiger partial charge in [0.15, 0.2) is 5.69 Å². The second-order valence-electron chi connectivity index (χ2n) is 6.88. The standard InChI is InChI=1S/C19H27N5O/c1-6-24(7-2)15-10-8-14(9-11-15)13-20-23-18(25)16-12-17(22-21-16)19(3,4)5/h8-13H,6-7H2,1-5H3,(H,21,22)(H,23,25). The van der Waals surface area contributed by atoms with Crippen LogP contribution in [0.4, 0.5) is 5.69 Å². The summed E-state index contributed by atoms with van der Waals surface area (Å²) >= 11 is 0. The Morgan fingerprint density at radius 1 is 1.24 bits per heavy atom. The van der Waals surface area contributed by atoms with Gasteiger partial charge in [0.25, 0.3) is 5.91 Å². The molecular weight excluding hydrogens is 314 g/mol. The molecule has 0 fully saturated rings. The molecule has 0 saturated heterocycles. The summed E-state index contributed by atoms with van der Waals surface area (Å²) in [6.45, 7) is 12.4. The SMILES string of the molecule is CCN(CC)c1ccc(C=NNC(=O)c2cc(C(C)(C)C)[nH]n2)cc1. The van der Waals surface area contributed by atoms with Gasteiger partial charge in [0.1, 0.15) is 0 Å². The molecule has 0 aliphatic rings. The number of aromatic amines is 1. The molecule has 6 heteroatoms. The highest BCUT2D eigenvalue weighted by atomic mass is 16.2. The van der Waals surface area contributed by atoms with E-state index in [1.807, 2.05) is 12.1 Å². The van der Waals surface area contributed by atoms with E-state index in [9.17, 15) is 4.79 Å². The van der Waals surface area contributed by atoms with E-state index in [-0.39, 0.29) is 11.3 Å². The predicted molar refractivity (Wildman–Crippen MR) is 102 cm³/mol. The maximum absolute atomic E-state index is 12.1. The molecule has 0 aliphatic heterocycles. The lowest BCUT2D eigenvalue weighted by molar-refractivity contribution is 0.0950. The molecule has 6 nitrogen and oxygen atoms in total. The maximum Gasteiger partial charge on any atom is 0.291 e. The fourth-order valence-electron chi connectivity index (χ4n) is 2.40. The van der Waals surface area contributed by atoms with Crippen LogP contribution in [0.3, 0.4) is 0 Å². The predicted octanol–water partition coefficient (Wildman–Crippen LogP) is 3.32. The van der Waals surface area contributed by atoms with Crippen LogP contribution < -0.4 is 10.3 Å². The number of nitrogens with zero attached hydrogens (tertiary/aromatic N) is 3. The molecule has 2 N–H and O–H groups in total. The largest absolute Gasteiger partial charge is 0.372 e. The van der Waals surface area contributed by atoms with Crippen LogP contribution in [0.1, 0.15) is 56.4 Å². The molecule has 1 heterocycles. The van der Waals surface area contributed by atoms with Crippen molar-refractivity contribution in [1.29, 1.82) is 0 Å². The van der Waals surface area contributed by atoms with E-state index in [0.717, 1.165) is 24.3 Å². The van der Waals surface area contributed by atoms with E-state index in [0.29, 0.717) is 5.69 Å². The molecule has 2 aromatic rings. The van der Waals surface area contributed by atoms with Crippen molar-refractivity contribution in [2.75, 3.05) is 18.0 Å². The fraction of sp³-hybridized carbons (Fsp3) is 0.421. The summed E-state index contributed by atoms with van der Waals surface area (Å²) in [5, 5.41) is 10.9. The van der Waals surface area contributed by atoms with Gasteiger partial charge in [-0.25, -0.2) is 5.43 Å². The Labute approximate surface area is 149 Å². The van der Waals surface area contributed by atoms with Gasteiger partial charge in [-0.3, -0.25) is 9.89 Å². The van der Waals surface area contributed by atoms with Crippen molar-refractivity contribution in [2.24, 2.45) is 5.10 Å². The monoisotopic (exact) mass is 341 g/mol. The maximum atomic E-state index is 12.1. The minimum Gasteiger partial charge on any atom is -0.372 e. The molecular formula is C19H27N5O. The zero-order valence-electron chi connectivity index (χ0n) is 15.6. The van der Waals surface area contributed by atoms with Crippen LogP contribution in [0.5, 0.6) is 0 Å². The zero-order chi connectivity index (χ0) is 18.4. The van der Waals surface area contributed by atoms with Gasteiger partial charge in [-0.1, -0.05) is 32.9 Å². The number of rotatable bonds is 6. The summed E-state index contributed by atoms with van der Waals surface area (Å²) in [4.78, 5) is 14.4. The molecule has 0 spiro atoms. The summed E-state index contributed by atoms with van der Waals surface area (Å²) in [5.41, 5.74) is 5.77. The average molecular weight is 341 g/mol. The van der Waals surface area contributed by atoms with E-state index in [1.165, 1.54) is 5.69 Å². The van der Waals surface area contributed by atoms with Crippen LogP contribution in [-0.4, -0.2) is 35.4 Å². The lowest BCUT2D eigenvalue weighted by Crippen LogP contribution is -2.21. The van der Waals surface area contributed by atoms with Gasteiger partial charge >= 0.3 is 0 Å². The minimum atomic E-state index is -0.331. The summed E-state index contributed by atoms with van der Waals surface area (Å²) in [5.74, 6) is -0.331. The molecule has 1 aromatic heterocycles. The first-order chi connectivity index (χ1) is 11.8. The number of H-pyrrole nitrogens is 1. The zero-order valence-corrected chi connectivity index (χ0v) is 15.6. The molecule has 1 aromatic carbocycles. The van der Waals surface area contributed by atoms with E-state index in [2.05, 4.69) is 72.4 Å². The number of carbonyl (C=O) groups is 1. The Kier molecular flexibility index (Phi) is 5.96. The third-order valence-corrected chi connectivity index (χ3v) is 4.02. The molecule has 2 rings (SSSR count). The van der Waals surface area contributed by atoms with Gasteiger partial charge in [-0.15, -0.1) is 0 Å². The van der Waals surface area contributed by atoms with Crippen LogP contribution in [0.2, 0.25) is 0 Å². The number of nitrogens with one attached hydrogen (secondary N) is 2. The van der Waals surface area contributed by atoms with Crippen molar-refractivity contribution >= 4 is 17.8 Å². The van der Waals surface area contributed by atoms with Crippen LogP contribution >= 0.6 is 0 Å². The van der Waals surface area contributed by atoms with Crippen LogP contribution in [-0.2, 0) is 5.41 Å². The lowest BCUT2D eigenvalue weighted by atomic mass is 9.92. The fourth-order valence-corrected chi connectivity index (χ4v) is 2.40. The number of hydrogen-bond acceptors (Lipinski definition) is 4. The van der Waals surface area contributed by atoms with Crippen LogP contribution in [0.25, 0.3) is 0 Å². The van der Waals surface area contributed by atoms with Crippen molar-refractivity contribution in [3.63, 3.8) is 0 Å². The van der Waals surface area contributed by atoms with Crippen molar-refractivity contribution in [3.05, 3.63) is 47.3 Å². The number of hydrazone groups is 1. The highest BCUT2D eigenvalue weighted by Crippen LogP contribution is 2.20. The number of hydrogen-bond donors (Lipinski definition) is 2. The van der Waals surface area contributed by atoms with Gasteiger partial charge in [0, 0.05) is 29.9 Å². The average Bonchev–Trinajstić information content (AvgIpc) is 3.08. The van der Waals surface area contributed by atoms with Gasteiger partial charge in [-0.05, 0) is 37.6 Å². The van der Waals surface area contributed by atoms with Crippen molar-refractivity contribution in [2.45, 2.75) is 40.0 Å². The second kappa shape index (κ2) is 7.96. The summed E-state index contributed by atoms with van der Waals surface area (Å²) < 4.78 is 0. The Hall–Kier alpha value is -2.63. The molecule has 0 radical (unpaired) electrons. The van der Waals surface area contributed by atoms with Gasteiger partial charge in [0.2, 0.25) is 0 Å². The van der Waals surface area contributed by atoms with Crippen LogP contribution in [0, 0.1) is 0 Å². The number of amides is 1. The first kappa shape index (κ1) is 18.7. The normalized spacial score (nSPS) is 11.7. The Morgan fingerprint density at radius 2 is 1.88 bits per heavy atom. The summed E-state index contributed by atoms with van der Waals surface area (Å²) in [6.07, 6.45) is 1.63. The van der Waals surface area contributed by atoms with Gasteiger partial charge < -0.3 is 4.90 Å².